The molecule has 0 radical (unpaired) electrons. The van der Waals surface area contributed by atoms with E-state index in [1.807, 2.05) is 0 Å². The number of ketones is 1. The number of aliphatic hydroxyl groups excluding tert-OH is 1. The molecule has 0 aliphatic carbocycles. The summed E-state index contributed by atoms with van der Waals surface area (Å²) < 4.78 is 18.0. The fraction of sp³-hybridized carbons (Fsp3) is 0.100. The van der Waals surface area contributed by atoms with Crippen molar-refractivity contribution < 1.29 is 19.0 Å². The van der Waals surface area contributed by atoms with E-state index in [0.29, 0.717) is 6.26 Å². The molecule has 0 spiro atoms. The van der Waals surface area contributed by atoms with Gasteiger partial charge in [0.15, 0.2) is 5.78 Å². The van der Waals surface area contributed by atoms with Crippen LogP contribution in [0.15, 0.2) is 30.5 Å². The number of hydrogen-bond donors (Lipinski definition) is 1. The number of hydrogen-bond acceptors (Lipinski definition) is 3. The van der Waals surface area contributed by atoms with Gasteiger partial charge in [-0.25, -0.2) is 4.39 Å². The first-order valence-corrected chi connectivity index (χ1v) is 3.88. The molecule has 3 nitrogen and oxygen atoms in total. The second-order valence-corrected chi connectivity index (χ2v) is 2.50. The second kappa shape index (κ2) is 4.41. The molecule has 0 saturated heterocycles. The Morgan fingerprint density at radius 3 is 2.86 bits per heavy atom. The Balaban J connectivity index is 3.23. The number of halogens is 1. The fourth-order valence-electron chi connectivity index (χ4n) is 1.06. The van der Waals surface area contributed by atoms with E-state index in [0.717, 1.165) is 12.1 Å². The van der Waals surface area contributed by atoms with Crippen molar-refractivity contribution >= 4 is 5.78 Å². The summed E-state index contributed by atoms with van der Waals surface area (Å²) in [5.74, 6) is -1.16. The number of allylic oxidation sites excluding steroid dienone is 1. The lowest BCUT2D eigenvalue weighted by Crippen LogP contribution is -2.02. The molecular formula is C10H9FO3. The Bertz CT molecular complexity index is 372. The molecule has 0 bridgehead atoms. The Hall–Kier alpha value is -1.84. The second-order valence-electron chi connectivity index (χ2n) is 2.50. The normalized spacial score (nSPS) is 10.4. The molecule has 1 aromatic rings. The highest BCUT2D eigenvalue weighted by Crippen LogP contribution is 2.21. The molecule has 14 heavy (non-hydrogen) atoms. The molecule has 0 aliphatic rings. The van der Waals surface area contributed by atoms with Gasteiger partial charge in [-0.15, -0.1) is 0 Å². The van der Waals surface area contributed by atoms with Crippen molar-refractivity contribution in [2.24, 2.45) is 0 Å². The Labute approximate surface area is 80.4 Å². The van der Waals surface area contributed by atoms with E-state index in [2.05, 4.69) is 0 Å². The van der Waals surface area contributed by atoms with Crippen LogP contribution in [0.5, 0.6) is 5.75 Å². The average molecular weight is 196 g/mol. The van der Waals surface area contributed by atoms with E-state index in [1.54, 1.807) is 0 Å². The summed E-state index contributed by atoms with van der Waals surface area (Å²) in [6.07, 6.45) is 1.43. The van der Waals surface area contributed by atoms with Crippen LogP contribution >= 0.6 is 0 Å². The van der Waals surface area contributed by atoms with Gasteiger partial charge in [0.2, 0.25) is 0 Å². The number of methoxy groups -OCH3 is 1. The molecule has 0 saturated carbocycles. The lowest BCUT2D eigenvalue weighted by Gasteiger charge is -2.05. The highest BCUT2D eigenvalue weighted by Gasteiger charge is 2.14. The van der Waals surface area contributed by atoms with Crippen LogP contribution in [0, 0.1) is 5.82 Å². The van der Waals surface area contributed by atoms with Crippen LogP contribution < -0.4 is 4.74 Å². The van der Waals surface area contributed by atoms with Gasteiger partial charge in [-0.2, -0.15) is 0 Å². The molecule has 0 amide bonds. The third-order valence-corrected chi connectivity index (χ3v) is 1.67. The number of benzene rings is 1. The maximum atomic E-state index is 13.2. The average Bonchev–Trinajstić information content (AvgIpc) is 2.17. The predicted octanol–water partition coefficient (Wildman–Crippen LogP) is 2.09. The smallest absolute Gasteiger partial charge is 0.195 e. The molecule has 1 N–H and O–H groups in total. The van der Waals surface area contributed by atoms with Crippen molar-refractivity contribution in [2.75, 3.05) is 7.11 Å². The first kappa shape index (κ1) is 10.2. The van der Waals surface area contributed by atoms with Crippen molar-refractivity contribution in [1.82, 2.24) is 0 Å². The zero-order valence-electron chi connectivity index (χ0n) is 7.53. The van der Waals surface area contributed by atoms with Gasteiger partial charge in [0.05, 0.1) is 18.9 Å². The minimum Gasteiger partial charge on any atom is -0.515 e. The molecular weight excluding hydrogens is 187 g/mol. The lowest BCUT2D eigenvalue weighted by atomic mass is 10.1. The van der Waals surface area contributed by atoms with Crippen molar-refractivity contribution in [1.29, 1.82) is 0 Å². The van der Waals surface area contributed by atoms with Crippen LogP contribution in [0.4, 0.5) is 4.39 Å². The molecule has 0 unspecified atom stereocenters. The largest absolute Gasteiger partial charge is 0.515 e. The maximum absolute atomic E-state index is 13.2. The Kier molecular flexibility index (Phi) is 3.23. The summed E-state index contributed by atoms with van der Waals surface area (Å²) in [5.41, 5.74) is -0.180. The fourth-order valence-corrected chi connectivity index (χ4v) is 1.06. The lowest BCUT2D eigenvalue weighted by molar-refractivity contribution is 0.103. The highest BCUT2D eigenvalue weighted by atomic mass is 19.1. The number of carbonyl (C=O) groups excluding carboxylic acids is 1. The first-order chi connectivity index (χ1) is 6.70. The summed E-state index contributed by atoms with van der Waals surface area (Å²) in [6, 6.07) is 4.07. The van der Waals surface area contributed by atoms with E-state index < -0.39 is 11.6 Å². The standard InChI is InChI=1S/C10H9FO3/c1-14-9-4-2-3-7(11)10(9)8(13)5-6-12/h2-6,12H,1H3/b6-5+. The number of rotatable bonds is 3. The van der Waals surface area contributed by atoms with Crippen molar-refractivity contribution in [3.63, 3.8) is 0 Å². The van der Waals surface area contributed by atoms with Gasteiger partial charge >= 0.3 is 0 Å². The van der Waals surface area contributed by atoms with Gasteiger partial charge < -0.3 is 9.84 Å². The SMILES string of the molecule is COc1cccc(F)c1C(=O)/C=C/O. The third-order valence-electron chi connectivity index (χ3n) is 1.67. The molecule has 0 atom stereocenters. The molecule has 1 aromatic carbocycles. The van der Waals surface area contributed by atoms with Gasteiger partial charge in [0.1, 0.15) is 11.6 Å². The van der Waals surface area contributed by atoms with Crippen molar-refractivity contribution in [2.45, 2.75) is 0 Å². The van der Waals surface area contributed by atoms with Gasteiger partial charge in [-0.3, -0.25) is 4.79 Å². The Morgan fingerprint density at radius 2 is 2.29 bits per heavy atom. The summed E-state index contributed by atoms with van der Waals surface area (Å²) in [6.45, 7) is 0. The van der Waals surface area contributed by atoms with Crippen LogP contribution in [-0.2, 0) is 0 Å². The summed E-state index contributed by atoms with van der Waals surface area (Å²) in [4.78, 5) is 11.3. The van der Waals surface area contributed by atoms with E-state index in [1.165, 1.54) is 19.2 Å². The molecule has 74 valence electrons. The van der Waals surface area contributed by atoms with Crippen LogP contribution in [0.3, 0.4) is 0 Å². The molecule has 0 heterocycles. The van der Waals surface area contributed by atoms with Crippen LogP contribution in [0.1, 0.15) is 10.4 Å². The van der Waals surface area contributed by atoms with Gasteiger partial charge in [-0.1, -0.05) is 6.07 Å². The van der Waals surface area contributed by atoms with Crippen molar-refractivity contribution in [3.05, 3.63) is 41.9 Å². The van der Waals surface area contributed by atoms with E-state index in [9.17, 15) is 9.18 Å². The summed E-state index contributed by atoms with van der Waals surface area (Å²) in [7, 11) is 1.34. The maximum Gasteiger partial charge on any atom is 0.195 e. The molecule has 0 aromatic heterocycles. The summed E-state index contributed by atoms with van der Waals surface area (Å²) in [5, 5.41) is 8.39. The molecule has 0 aliphatic heterocycles. The van der Waals surface area contributed by atoms with Gasteiger partial charge in [0.25, 0.3) is 0 Å². The first-order valence-electron chi connectivity index (χ1n) is 3.88. The quantitative estimate of drug-likeness (QED) is 0.457. The van der Waals surface area contributed by atoms with Crippen molar-refractivity contribution in [3.8, 4) is 5.75 Å². The number of ether oxygens (including phenoxy) is 1. The summed E-state index contributed by atoms with van der Waals surface area (Å²) >= 11 is 0. The molecule has 4 heteroatoms. The topological polar surface area (TPSA) is 46.5 Å². The zero-order valence-corrected chi connectivity index (χ0v) is 7.53. The van der Waals surface area contributed by atoms with E-state index in [-0.39, 0.29) is 11.3 Å². The molecule has 1 rings (SSSR count). The monoisotopic (exact) mass is 196 g/mol. The minimum absolute atomic E-state index is 0.146. The Morgan fingerprint density at radius 1 is 1.57 bits per heavy atom. The minimum atomic E-state index is -0.674. The van der Waals surface area contributed by atoms with Crippen LogP contribution in [0.25, 0.3) is 0 Å². The predicted molar refractivity (Wildman–Crippen MR) is 49.1 cm³/mol. The van der Waals surface area contributed by atoms with Gasteiger partial charge in [-0.05, 0) is 12.1 Å². The van der Waals surface area contributed by atoms with Crippen LogP contribution in [0.2, 0.25) is 0 Å². The zero-order chi connectivity index (χ0) is 10.6. The number of aliphatic hydroxyl groups is 1. The third kappa shape index (κ3) is 1.90. The van der Waals surface area contributed by atoms with Crippen LogP contribution in [-0.4, -0.2) is 18.0 Å². The molecule has 0 fully saturated rings. The van der Waals surface area contributed by atoms with E-state index >= 15 is 0 Å². The highest BCUT2D eigenvalue weighted by molar-refractivity contribution is 6.06. The van der Waals surface area contributed by atoms with Gasteiger partial charge in [0, 0.05) is 6.08 Å². The van der Waals surface area contributed by atoms with E-state index in [4.69, 9.17) is 9.84 Å². The number of carbonyl (C=O) groups is 1.